The fourth-order valence-corrected chi connectivity index (χ4v) is 12.5. The van der Waals surface area contributed by atoms with Gasteiger partial charge in [-0.2, -0.15) is 0 Å². The minimum absolute atomic E-state index is 0.584. The molecule has 0 saturated heterocycles. The predicted molar refractivity (Wildman–Crippen MR) is 335 cm³/mol. The Morgan fingerprint density at radius 3 is 0.753 bits per heavy atom. The normalized spacial score (nSPS) is 11.7. The summed E-state index contributed by atoms with van der Waals surface area (Å²) >= 11 is 0. The minimum atomic E-state index is 0.584. The third-order valence-corrected chi connectivity index (χ3v) is 16.1. The number of rotatable bonds is 9. The average molecular weight is 1030 g/mol. The lowest BCUT2D eigenvalue weighted by atomic mass is 9.98. The third-order valence-electron chi connectivity index (χ3n) is 16.1. The number of fused-ring (bicyclic) bond motifs is 9. The van der Waals surface area contributed by atoms with Gasteiger partial charge in [0, 0.05) is 82.8 Å². The van der Waals surface area contributed by atoms with Gasteiger partial charge in [0.15, 0.2) is 17.5 Å². The number of aromatic nitrogens is 6. The lowest BCUT2D eigenvalue weighted by molar-refractivity contribution is 1.07. The molecule has 16 aromatic rings. The highest BCUT2D eigenvalue weighted by Gasteiger charge is 2.22. The van der Waals surface area contributed by atoms with E-state index < -0.39 is 0 Å². The molecule has 0 aliphatic rings. The van der Waals surface area contributed by atoms with Gasteiger partial charge in [-0.1, -0.05) is 218 Å². The summed E-state index contributed by atoms with van der Waals surface area (Å²) in [5.41, 5.74) is 19.5. The maximum atomic E-state index is 5.45. The highest BCUT2D eigenvalue weighted by atomic mass is 15.0. The molecule has 0 saturated carbocycles. The van der Waals surface area contributed by atoms with Crippen LogP contribution in [0.5, 0.6) is 0 Å². The van der Waals surface area contributed by atoms with E-state index in [2.05, 4.69) is 305 Å². The molecule has 0 atom stereocenters. The van der Waals surface area contributed by atoms with Crippen LogP contribution >= 0.6 is 0 Å². The van der Waals surface area contributed by atoms with Gasteiger partial charge in [0.1, 0.15) is 0 Å². The lowest BCUT2D eigenvalue weighted by Gasteiger charge is -2.14. The molecule has 0 bridgehead atoms. The van der Waals surface area contributed by atoms with Crippen LogP contribution in [0.1, 0.15) is 0 Å². The first kappa shape index (κ1) is 46.2. The average Bonchev–Trinajstić information content (AvgIpc) is 4.32. The Kier molecular flexibility index (Phi) is 10.8. The molecule has 378 valence electrons. The van der Waals surface area contributed by atoms with Gasteiger partial charge in [-0.3, -0.25) is 0 Å². The molecule has 6 heteroatoms. The number of hydrogen-bond donors (Lipinski definition) is 0. The van der Waals surface area contributed by atoms with Crippen molar-refractivity contribution in [2.24, 2.45) is 0 Å². The Morgan fingerprint density at radius 1 is 0.198 bits per heavy atom. The largest absolute Gasteiger partial charge is 0.309 e. The highest BCUT2D eigenvalue weighted by molar-refractivity contribution is 6.16. The van der Waals surface area contributed by atoms with Crippen molar-refractivity contribution in [2.75, 3.05) is 0 Å². The lowest BCUT2D eigenvalue weighted by Crippen LogP contribution is -2.01. The predicted octanol–water partition coefficient (Wildman–Crippen LogP) is 19.2. The van der Waals surface area contributed by atoms with Crippen LogP contribution in [0, 0.1) is 0 Å². The highest BCUT2D eigenvalue weighted by Crippen LogP contribution is 2.43. The van der Waals surface area contributed by atoms with Crippen molar-refractivity contribution in [3.63, 3.8) is 0 Å². The van der Waals surface area contributed by atoms with Gasteiger partial charge in [-0.05, 0) is 89.5 Å². The molecule has 0 fully saturated rings. The van der Waals surface area contributed by atoms with E-state index >= 15 is 0 Å². The van der Waals surface area contributed by atoms with Crippen LogP contribution in [-0.2, 0) is 0 Å². The van der Waals surface area contributed by atoms with Crippen LogP contribution in [0.2, 0.25) is 0 Å². The van der Waals surface area contributed by atoms with E-state index in [0.717, 1.165) is 100 Å². The number of para-hydroxylation sites is 9. The Morgan fingerprint density at radius 2 is 0.444 bits per heavy atom. The maximum absolute atomic E-state index is 5.45. The molecule has 12 aromatic carbocycles. The van der Waals surface area contributed by atoms with Gasteiger partial charge in [0.2, 0.25) is 0 Å². The minimum Gasteiger partial charge on any atom is -0.309 e. The molecule has 0 aliphatic heterocycles. The van der Waals surface area contributed by atoms with Crippen molar-refractivity contribution in [1.82, 2.24) is 28.7 Å². The summed E-state index contributed by atoms with van der Waals surface area (Å²) < 4.78 is 7.18. The smallest absolute Gasteiger partial charge is 0.164 e. The number of hydrogen-bond acceptors (Lipinski definition) is 3. The Balaban J connectivity index is 0.895. The van der Waals surface area contributed by atoms with Crippen LogP contribution < -0.4 is 0 Å². The molecule has 0 spiro atoms. The van der Waals surface area contributed by atoms with Crippen molar-refractivity contribution >= 4 is 65.4 Å². The molecule has 6 nitrogen and oxygen atoms in total. The molecule has 4 aromatic heterocycles. The molecule has 0 N–H and O–H groups in total. The zero-order chi connectivity index (χ0) is 53.4. The van der Waals surface area contributed by atoms with Gasteiger partial charge in [-0.15, -0.1) is 0 Å². The first-order valence-electron chi connectivity index (χ1n) is 27.5. The third kappa shape index (κ3) is 7.60. The van der Waals surface area contributed by atoms with Gasteiger partial charge in [0.05, 0.1) is 33.1 Å². The quantitative estimate of drug-likeness (QED) is 0.145. The summed E-state index contributed by atoms with van der Waals surface area (Å²) in [7, 11) is 0. The van der Waals surface area contributed by atoms with Gasteiger partial charge < -0.3 is 13.7 Å². The standard InChI is InChI=1S/C75H48N6/c1-4-28-55(29-5-1)79-67-43-13-10-34-61(67)64-40-19-37-58(70(64)79)49-22-16-25-52(46-49)73-76-74(53-26-17-23-50(47-53)59-38-20-41-65-62-35-11-14-44-68(62)80(71(59)65)56-30-6-2-7-31-56)78-75(77-73)54-27-18-24-51(48-54)60-39-21-42-66-63-36-12-15-45-69(63)81(72(60)66)57-32-8-3-9-33-57/h1-48H. The van der Waals surface area contributed by atoms with Crippen LogP contribution in [0.3, 0.4) is 0 Å². The summed E-state index contributed by atoms with van der Waals surface area (Å²) in [5, 5.41) is 7.22. The summed E-state index contributed by atoms with van der Waals surface area (Å²) in [5.74, 6) is 1.75. The van der Waals surface area contributed by atoms with Gasteiger partial charge in [-0.25, -0.2) is 15.0 Å². The second-order valence-electron chi connectivity index (χ2n) is 20.7. The molecule has 0 amide bonds. The van der Waals surface area contributed by atoms with E-state index in [4.69, 9.17) is 15.0 Å². The second kappa shape index (κ2) is 18.9. The molecule has 16 rings (SSSR count). The topological polar surface area (TPSA) is 53.5 Å². The SMILES string of the molecule is c1ccc(-n2c3ccccc3c3cccc(-c4cccc(-c5nc(-c6cccc(-c7cccc8c9ccccc9n(-c9ccccc9)c78)c6)nc(-c6cccc(-c7cccc8c9ccccc9n(-c9ccccc9)c78)c6)n5)c4)c32)cc1. The van der Waals surface area contributed by atoms with E-state index in [1.54, 1.807) is 0 Å². The Hall–Kier alpha value is -11.0. The molecule has 4 heterocycles. The summed E-state index contributed by atoms with van der Waals surface area (Å²) in [6.45, 7) is 0. The monoisotopic (exact) mass is 1030 g/mol. The van der Waals surface area contributed by atoms with Crippen molar-refractivity contribution < 1.29 is 0 Å². The van der Waals surface area contributed by atoms with Gasteiger partial charge >= 0.3 is 0 Å². The van der Waals surface area contributed by atoms with Crippen molar-refractivity contribution in [1.29, 1.82) is 0 Å². The summed E-state index contributed by atoms with van der Waals surface area (Å²) in [6, 6.07) is 104. The van der Waals surface area contributed by atoms with Crippen LogP contribution in [0.4, 0.5) is 0 Å². The summed E-state index contributed by atoms with van der Waals surface area (Å²) in [4.78, 5) is 16.3. The maximum Gasteiger partial charge on any atom is 0.164 e. The van der Waals surface area contributed by atoms with E-state index in [1.807, 2.05) is 0 Å². The number of nitrogens with zero attached hydrogens (tertiary/aromatic N) is 6. The molecule has 0 unspecified atom stereocenters. The fraction of sp³-hybridized carbons (Fsp3) is 0. The Bertz CT molecular complexity index is 4590. The van der Waals surface area contributed by atoms with Crippen LogP contribution in [0.25, 0.3) is 150 Å². The zero-order valence-corrected chi connectivity index (χ0v) is 43.9. The van der Waals surface area contributed by atoms with E-state index in [0.29, 0.717) is 17.5 Å². The second-order valence-corrected chi connectivity index (χ2v) is 20.7. The van der Waals surface area contributed by atoms with E-state index in [9.17, 15) is 0 Å². The first-order valence-corrected chi connectivity index (χ1v) is 27.5. The molecular weight excluding hydrogens is 985 g/mol. The summed E-state index contributed by atoms with van der Waals surface area (Å²) in [6.07, 6.45) is 0. The van der Waals surface area contributed by atoms with Crippen molar-refractivity contribution in [3.05, 3.63) is 291 Å². The molecule has 0 aliphatic carbocycles. The van der Waals surface area contributed by atoms with Crippen molar-refractivity contribution in [2.45, 2.75) is 0 Å². The van der Waals surface area contributed by atoms with E-state index in [-0.39, 0.29) is 0 Å². The Labute approximate surface area is 467 Å². The van der Waals surface area contributed by atoms with Crippen LogP contribution in [0.15, 0.2) is 291 Å². The zero-order valence-electron chi connectivity index (χ0n) is 43.9. The number of benzene rings is 12. The van der Waals surface area contributed by atoms with E-state index in [1.165, 1.54) is 32.3 Å². The van der Waals surface area contributed by atoms with Gasteiger partial charge in [0.25, 0.3) is 0 Å². The molecular formula is C75H48N6. The first-order chi connectivity index (χ1) is 40.2. The fourth-order valence-electron chi connectivity index (χ4n) is 12.5. The molecule has 0 radical (unpaired) electrons. The van der Waals surface area contributed by atoms with Crippen molar-refractivity contribution in [3.8, 4) is 84.6 Å². The van der Waals surface area contributed by atoms with Crippen LogP contribution in [-0.4, -0.2) is 28.7 Å². The molecule has 81 heavy (non-hydrogen) atoms.